The van der Waals surface area contributed by atoms with E-state index < -0.39 is 4.92 Å². The zero-order valence-electron chi connectivity index (χ0n) is 15.0. The first-order valence-corrected chi connectivity index (χ1v) is 8.43. The van der Waals surface area contributed by atoms with Crippen LogP contribution in [0.3, 0.4) is 0 Å². The molecule has 0 aliphatic carbocycles. The Balaban J connectivity index is 1.65. The van der Waals surface area contributed by atoms with Gasteiger partial charge in [0.15, 0.2) is 0 Å². The number of carbonyl (C=O) groups excluding carboxylic acids is 1. The van der Waals surface area contributed by atoms with Gasteiger partial charge in [-0.3, -0.25) is 19.9 Å². The molecular weight excluding hydrogens is 358 g/mol. The highest BCUT2D eigenvalue weighted by atomic mass is 16.6. The Kier molecular flexibility index (Phi) is 5.76. The van der Waals surface area contributed by atoms with Gasteiger partial charge in [0.05, 0.1) is 11.1 Å². The third-order valence-electron chi connectivity index (χ3n) is 3.81. The Bertz CT molecular complexity index is 1030. The molecule has 0 unspecified atom stereocenters. The third-order valence-corrected chi connectivity index (χ3v) is 3.81. The average molecular weight is 375 g/mol. The van der Waals surface area contributed by atoms with Gasteiger partial charge in [-0.1, -0.05) is 12.1 Å². The minimum absolute atomic E-state index is 0.0256. The first kappa shape index (κ1) is 18.8. The van der Waals surface area contributed by atoms with Gasteiger partial charge in [0.25, 0.3) is 5.69 Å². The van der Waals surface area contributed by atoms with Gasteiger partial charge in [-0.2, -0.15) is 0 Å². The molecule has 0 fully saturated rings. The molecule has 3 rings (SSSR count). The lowest BCUT2D eigenvalue weighted by Gasteiger charge is -2.10. The van der Waals surface area contributed by atoms with Gasteiger partial charge < -0.3 is 10.1 Å². The molecule has 7 nitrogen and oxygen atoms in total. The summed E-state index contributed by atoms with van der Waals surface area (Å²) >= 11 is 0. The molecule has 0 atom stereocenters. The number of benzene rings is 2. The SMILES string of the molecule is Cc1cc(NC(=O)/C=C/c2cccc([N+](=O)[O-])c2)ccc1Oc1cccnc1. The Labute approximate surface area is 161 Å². The van der Waals surface area contributed by atoms with Crippen LogP contribution >= 0.6 is 0 Å². The second kappa shape index (κ2) is 8.59. The van der Waals surface area contributed by atoms with Crippen LogP contribution < -0.4 is 10.1 Å². The lowest BCUT2D eigenvalue weighted by atomic mass is 10.2. The molecule has 0 aliphatic rings. The van der Waals surface area contributed by atoms with Gasteiger partial charge in [0.1, 0.15) is 11.5 Å². The van der Waals surface area contributed by atoms with E-state index in [9.17, 15) is 14.9 Å². The molecule has 0 radical (unpaired) electrons. The number of aromatic nitrogens is 1. The van der Waals surface area contributed by atoms with Gasteiger partial charge in [-0.05, 0) is 54.5 Å². The van der Waals surface area contributed by atoms with E-state index in [1.807, 2.05) is 6.92 Å². The zero-order chi connectivity index (χ0) is 19.9. The summed E-state index contributed by atoms with van der Waals surface area (Å²) in [4.78, 5) is 26.4. The fraction of sp³-hybridized carbons (Fsp3) is 0.0476. The Hall–Kier alpha value is -4.00. The van der Waals surface area contributed by atoms with Crippen LogP contribution in [0.15, 0.2) is 73.1 Å². The van der Waals surface area contributed by atoms with Crippen LogP contribution in [0, 0.1) is 17.0 Å². The minimum Gasteiger partial charge on any atom is -0.455 e. The van der Waals surface area contributed by atoms with Gasteiger partial charge >= 0.3 is 0 Å². The summed E-state index contributed by atoms with van der Waals surface area (Å²) in [6.45, 7) is 1.88. The largest absolute Gasteiger partial charge is 0.455 e. The summed E-state index contributed by atoms with van der Waals surface area (Å²) in [7, 11) is 0. The number of anilines is 1. The highest BCUT2D eigenvalue weighted by Crippen LogP contribution is 2.26. The lowest BCUT2D eigenvalue weighted by molar-refractivity contribution is -0.384. The number of nitrogens with one attached hydrogen (secondary N) is 1. The van der Waals surface area contributed by atoms with Crippen LogP contribution in [-0.4, -0.2) is 15.8 Å². The van der Waals surface area contributed by atoms with Crippen molar-refractivity contribution in [3.05, 3.63) is 94.3 Å². The molecule has 28 heavy (non-hydrogen) atoms. The van der Waals surface area contributed by atoms with Crippen LogP contribution in [0.4, 0.5) is 11.4 Å². The molecule has 7 heteroatoms. The summed E-state index contributed by atoms with van der Waals surface area (Å²) < 4.78 is 5.76. The number of hydrogen-bond acceptors (Lipinski definition) is 5. The number of nitrogens with zero attached hydrogens (tertiary/aromatic N) is 2. The van der Waals surface area contributed by atoms with E-state index in [4.69, 9.17) is 4.74 Å². The number of nitro benzene ring substituents is 1. The van der Waals surface area contributed by atoms with E-state index in [-0.39, 0.29) is 11.6 Å². The predicted molar refractivity (Wildman–Crippen MR) is 106 cm³/mol. The highest BCUT2D eigenvalue weighted by Gasteiger charge is 2.06. The van der Waals surface area contributed by atoms with Crippen molar-refractivity contribution in [2.75, 3.05) is 5.32 Å². The van der Waals surface area contributed by atoms with Gasteiger partial charge in [0.2, 0.25) is 5.91 Å². The maximum atomic E-state index is 12.1. The van der Waals surface area contributed by atoms with Crippen molar-refractivity contribution in [1.82, 2.24) is 4.98 Å². The number of rotatable bonds is 6. The fourth-order valence-corrected chi connectivity index (χ4v) is 2.47. The number of non-ortho nitro benzene ring substituents is 1. The van der Waals surface area contributed by atoms with Crippen LogP contribution in [0.5, 0.6) is 11.5 Å². The maximum absolute atomic E-state index is 12.1. The van der Waals surface area contributed by atoms with E-state index in [2.05, 4.69) is 10.3 Å². The number of amides is 1. The van der Waals surface area contributed by atoms with Crippen LogP contribution in [-0.2, 0) is 4.79 Å². The smallest absolute Gasteiger partial charge is 0.270 e. The molecule has 1 N–H and O–H groups in total. The van der Waals surface area contributed by atoms with E-state index in [1.54, 1.807) is 54.9 Å². The topological polar surface area (TPSA) is 94.4 Å². The Morgan fingerprint density at radius 2 is 2.04 bits per heavy atom. The molecule has 140 valence electrons. The molecule has 3 aromatic rings. The van der Waals surface area contributed by atoms with Gasteiger partial charge in [-0.25, -0.2) is 0 Å². The van der Waals surface area contributed by atoms with Gasteiger partial charge in [0, 0.05) is 30.1 Å². The van der Waals surface area contributed by atoms with E-state index in [0.29, 0.717) is 22.7 Å². The number of nitro groups is 1. The van der Waals surface area contributed by atoms with E-state index >= 15 is 0 Å². The molecule has 0 saturated heterocycles. The average Bonchev–Trinajstić information content (AvgIpc) is 2.69. The van der Waals surface area contributed by atoms with Crippen molar-refractivity contribution >= 4 is 23.4 Å². The number of pyridine rings is 1. The Morgan fingerprint density at radius 1 is 1.18 bits per heavy atom. The summed E-state index contributed by atoms with van der Waals surface area (Å²) in [6, 6.07) is 14.9. The number of carbonyl (C=O) groups is 1. The second-order valence-corrected chi connectivity index (χ2v) is 5.95. The molecule has 0 bridgehead atoms. The molecular formula is C21H17N3O4. The molecule has 1 aromatic heterocycles. The van der Waals surface area contributed by atoms with Gasteiger partial charge in [-0.15, -0.1) is 0 Å². The number of aryl methyl sites for hydroxylation is 1. The van der Waals surface area contributed by atoms with E-state index in [0.717, 1.165) is 5.56 Å². The summed E-state index contributed by atoms with van der Waals surface area (Å²) in [5.41, 5.74) is 2.01. The molecule has 1 heterocycles. The van der Waals surface area contributed by atoms with Crippen LogP contribution in [0.2, 0.25) is 0 Å². The summed E-state index contributed by atoms with van der Waals surface area (Å²) in [5.74, 6) is 0.951. The predicted octanol–water partition coefficient (Wildman–Crippen LogP) is 4.74. The lowest BCUT2D eigenvalue weighted by Crippen LogP contribution is -2.07. The fourth-order valence-electron chi connectivity index (χ4n) is 2.47. The Morgan fingerprint density at radius 3 is 2.75 bits per heavy atom. The quantitative estimate of drug-likeness (QED) is 0.381. The first-order chi connectivity index (χ1) is 13.5. The van der Waals surface area contributed by atoms with E-state index in [1.165, 1.54) is 24.3 Å². The second-order valence-electron chi connectivity index (χ2n) is 5.95. The first-order valence-electron chi connectivity index (χ1n) is 8.43. The molecule has 0 aliphatic heterocycles. The van der Waals surface area contributed by atoms with Crippen LogP contribution in [0.1, 0.15) is 11.1 Å². The number of ether oxygens (including phenoxy) is 1. The molecule has 1 amide bonds. The monoisotopic (exact) mass is 375 g/mol. The zero-order valence-corrected chi connectivity index (χ0v) is 15.0. The third kappa shape index (κ3) is 5.01. The maximum Gasteiger partial charge on any atom is 0.270 e. The minimum atomic E-state index is -0.477. The standard InChI is InChI=1S/C21H17N3O4/c1-15-12-17(8-9-20(15)28-19-6-3-11-22-14-19)23-21(25)10-7-16-4-2-5-18(13-16)24(26)27/h2-14H,1H3,(H,23,25)/b10-7+. The highest BCUT2D eigenvalue weighted by molar-refractivity contribution is 6.02. The summed E-state index contributed by atoms with van der Waals surface area (Å²) in [5, 5.41) is 13.5. The van der Waals surface area contributed by atoms with Crippen molar-refractivity contribution in [3.8, 4) is 11.5 Å². The number of hydrogen-bond donors (Lipinski definition) is 1. The molecule has 2 aromatic carbocycles. The summed E-state index contributed by atoms with van der Waals surface area (Å²) in [6.07, 6.45) is 6.14. The molecule has 0 saturated carbocycles. The molecule has 0 spiro atoms. The normalized spacial score (nSPS) is 10.6. The van der Waals surface area contributed by atoms with Crippen LogP contribution in [0.25, 0.3) is 6.08 Å². The van der Waals surface area contributed by atoms with Crippen molar-refractivity contribution in [1.29, 1.82) is 0 Å². The van der Waals surface area contributed by atoms with Crippen molar-refractivity contribution in [2.24, 2.45) is 0 Å². The van der Waals surface area contributed by atoms with Crippen molar-refractivity contribution < 1.29 is 14.5 Å². The van der Waals surface area contributed by atoms with Crippen molar-refractivity contribution in [3.63, 3.8) is 0 Å². The van der Waals surface area contributed by atoms with Crippen molar-refractivity contribution in [2.45, 2.75) is 6.92 Å².